The number of ether oxygens (including phenoxy) is 1. The van der Waals surface area contributed by atoms with Crippen molar-refractivity contribution < 1.29 is 9.53 Å². The van der Waals surface area contributed by atoms with Gasteiger partial charge in [0.25, 0.3) is 0 Å². The molecule has 1 aliphatic rings. The van der Waals surface area contributed by atoms with Crippen LogP contribution in [0.1, 0.15) is 12.8 Å². The highest BCUT2D eigenvalue weighted by Crippen LogP contribution is 2.04. The maximum absolute atomic E-state index is 11.0. The van der Waals surface area contributed by atoms with Gasteiger partial charge < -0.3 is 14.5 Å². The van der Waals surface area contributed by atoms with Crippen LogP contribution in [0.25, 0.3) is 0 Å². The van der Waals surface area contributed by atoms with Gasteiger partial charge in [0.2, 0.25) is 0 Å². The minimum absolute atomic E-state index is 0.0976. The molecule has 0 saturated carbocycles. The van der Waals surface area contributed by atoms with Crippen LogP contribution in [-0.4, -0.2) is 87.7 Å². The molecule has 1 heterocycles. The minimum Gasteiger partial charge on any atom is -0.469 e. The average molecular weight is 257 g/mol. The van der Waals surface area contributed by atoms with E-state index >= 15 is 0 Å². The summed E-state index contributed by atoms with van der Waals surface area (Å²) in [7, 11) is 5.68. The van der Waals surface area contributed by atoms with Crippen LogP contribution >= 0.6 is 0 Å². The Morgan fingerprint density at radius 3 is 2.17 bits per heavy atom. The Balaban J connectivity index is 2.06. The van der Waals surface area contributed by atoms with E-state index in [0.29, 0.717) is 6.42 Å². The van der Waals surface area contributed by atoms with E-state index in [4.69, 9.17) is 0 Å². The van der Waals surface area contributed by atoms with Crippen LogP contribution < -0.4 is 0 Å². The third-order valence-corrected chi connectivity index (χ3v) is 3.41. The van der Waals surface area contributed by atoms with E-state index in [1.54, 1.807) is 0 Å². The van der Waals surface area contributed by atoms with Crippen molar-refractivity contribution in [2.24, 2.45) is 0 Å². The Labute approximate surface area is 111 Å². The van der Waals surface area contributed by atoms with Crippen LogP contribution in [-0.2, 0) is 9.53 Å². The van der Waals surface area contributed by atoms with Gasteiger partial charge in [0.05, 0.1) is 7.11 Å². The topological polar surface area (TPSA) is 36.0 Å². The molecule has 0 aromatic heterocycles. The van der Waals surface area contributed by atoms with E-state index in [9.17, 15) is 4.79 Å². The Morgan fingerprint density at radius 2 is 1.67 bits per heavy atom. The molecule has 0 amide bonds. The number of methoxy groups -OCH3 is 1. The first kappa shape index (κ1) is 15.4. The fourth-order valence-corrected chi connectivity index (χ4v) is 2.13. The van der Waals surface area contributed by atoms with Gasteiger partial charge in [0.1, 0.15) is 0 Å². The van der Waals surface area contributed by atoms with Crippen molar-refractivity contribution in [1.29, 1.82) is 0 Å². The molecule has 1 aliphatic heterocycles. The highest BCUT2D eigenvalue weighted by atomic mass is 16.5. The first-order chi connectivity index (χ1) is 8.61. The van der Waals surface area contributed by atoms with Crippen molar-refractivity contribution in [3.63, 3.8) is 0 Å². The zero-order chi connectivity index (χ0) is 13.4. The summed E-state index contributed by atoms with van der Waals surface area (Å²) < 4.78 is 4.64. The molecule has 0 N–H and O–H groups in total. The highest BCUT2D eigenvalue weighted by molar-refractivity contribution is 5.69. The van der Waals surface area contributed by atoms with Crippen molar-refractivity contribution >= 4 is 5.97 Å². The van der Waals surface area contributed by atoms with Crippen LogP contribution in [0.4, 0.5) is 0 Å². The van der Waals surface area contributed by atoms with Crippen LogP contribution in [0.15, 0.2) is 0 Å². The lowest BCUT2D eigenvalue weighted by Crippen LogP contribution is -2.48. The van der Waals surface area contributed by atoms with Crippen LogP contribution in [0.5, 0.6) is 0 Å². The van der Waals surface area contributed by atoms with Gasteiger partial charge in [-0.3, -0.25) is 9.69 Å². The van der Waals surface area contributed by atoms with E-state index in [2.05, 4.69) is 33.5 Å². The SMILES string of the molecule is COC(=O)CCCN1CCN(CCN(C)C)CC1. The molecule has 0 spiro atoms. The van der Waals surface area contributed by atoms with Crippen molar-refractivity contribution in [2.75, 3.05) is 67.0 Å². The molecule has 106 valence electrons. The molecule has 0 aromatic rings. The van der Waals surface area contributed by atoms with Gasteiger partial charge >= 0.3 is 5.97 Å². The van der Waals surface area contributed by atoms with Crippen molar-refractivity contribution in [1.82, 2.24) is 14.7 Å². The summed E-state index contributed by atoms with van der Waals surface area (Å²) in [6, 6.07) is 0. The molecular weight excluding hydrogens is 230 g/mol. The van der Waals surface area contributed by atoms with Gasteiger partial charge in [-0.1, -0.05) is 0 Å². The molecule has 0 bridgehead atoms. The van der Waals surface area contributed by atoms with Crippen molar-refractivity contribution in [3.8, 4) is 0 Å². The lowest BCUT2D eigenvalue weighted by Gasteiger charge is -2.35. The van der Waals surface area contributed by atoms with Crippen LogP contribution in [0, 0.1) is 0 Å². The molecule has 1 fully saturated rings. The second-order valence-electron chi connectivity index (χ2n) is 5.17. The summed E-state index contributed by atoms with van der Waals surface area (Å²) in [6.45, 7) is 7.82. The Hall–Kier alpha value is -0.650. The Kier molecular flexibility index (Phi) is 7.23. The smallest absolute Gasteiger partial charge is 0.305 e. The van der Waals surface area contributed by atoms with Gasteiger partial charge in [-0.15, -0.1) is 0 Å². The summed E-state index contributed by atoms with van der Waals surface area (Å²) in [4.78, 5) is 18.2. The van der Waals surface area contributed by atoms with Crippen LogP contribution in [0.3, 0.4) is 0 Å². The maximum Gasteiger partial charge on any atom is 0.305 e. The molecule has 0 radical (unpaired) electrons. The number of rotatable bonds is 7. The van der Waals surface area contributed by atoms with Gasteiger partial charge in [-0.2, -0.15) is 0 Å². The fraction of sp³-hybridized carbons (Fsp3) is 0.923. The maximum atomic E-state index is 11.0. The monoisotopic (exact) mass is 257 g/mol. The third kappa shape index (κ3) is 6.33. The third-order valence-electron chi connectivity index (χ3n) is 3.41. The summed E-state index contributed by atoms with van der Waals surface area (Å²) in [5, 5.41) is 0. The van der Waals surface area contributed by atoms with E-state index in [-0.39, 0.29) is 5.97 Å². The van der Waals surface area contributed by atoms with E-state index < -0.39 is 0 Å². The first-order valence-electron chi connectivity index (χ1n) is 6.78. The van der Waals surface area contributed by atoms with E-state index in [1.807, 2.05) is 0 Å². The number of hydrogen-bond acceptors (Lipinski definition) is 5. The largest absolute Gasteiger partial charge is 0.469 e. The van der Waals surface area contributed by atoms with E-state index in [1.165, 1.54) is 7.11 Å². The molecule has 0 aromatic carbocycles. The lowest BCUT2D eigenvalue weighted by atomic mass is 10.2. The Morgan fingerprint density at radius 1 is 1.11 bits per heavy atom. The van der Waals surface area contributed by atoms with Crippen molar-refractivity contribution in [2.45, 2.75) is 12.8 Å². The zero-order valence-corrected chi connectivity index (χ0v) is 12.0. The number of nitrogens with zero attached hydrogens (tertiary/aromatic N) is 3. The molecule has 0 unspecified atom stereocenters. The highest BCUT2D eigenvalue weighted by Gasteiger charge is 2.16. The molecule has 0 atom stereocenters. The molecule has 5 nitrogen and oxygen atoms in total. The summed E-state index contributed by atoms with van der Waals surface area (Å²) in [6.07, 6.45) is 1.45. The normalized spacial score (nSPS) is 18.2. The second kappa shape index (κ2) is 8.45. The molecule has 1 saturated heterocycles. The summed E-state index contributed by atoms with van der Waals surface area (Å²) in [5.41, 5.74) is 0. The number of carbonyl (C=O) groups excluding carboxylic acids is 1. The fourth-order valence-electron chi connectivity index (χ4n) is 2.13. The molecule has 5 heteroatoms. The van der Waals surface area contributed by atoms with E-state index in [0.717, 1.165) is 52.2 Å². The standard InChI is InChI=1S/C13H27N3O2/c1-14(2)7-8-16-11-9-15(10-12-16)6-4-5-13(17)18-3/h4-12H2,1-3H3. The van der Waals surface area contributed by atoms with Crippen molar-refractivity contribution in [3.05, 3.63) is 0 Å². The van der Waals surface area contributed by atoms with Gasteiger partial charge in [-0.05, 0) is 27.1 Å². The van der Waals surface area contributed by atoms with Crippen LogP contribution in [0.2, 0.25) is 0 Å². The van der Waals surface area contributed by atoms with Gasteiger partial charge in [-0.25, -0.2) is 0 Å². The number of carbonyl (C=O) groups is 1. The van der Waals surface area contributed by atoms with Gasteiger partial charge in [0.15, 0.2) is 0 Å². The number of likely N-dealkylation sites (N-methyl/N-ethyl adjacent to an activating group) is 1. The first-order valence-corrected chi connectivity index (χ1v) is 6.78. The molecular formula is C13H27N3O2. The second-order valence-corrected chi connectivity index (χ2v) is 5.17. The predicted molar refractivity (Wildman–Crippen MR) is 72.7 cm³/mol. The predicted octanol–water partition coefficient (Wildman–Crippen LogP) is 0.119. The summed E-state index contributed by atoms with van der Waals surface area (Å²) in [5.74, 6) is -0.0976. The average Bonchev–Trinajstić information content (AvgIpc) is 2.37. The summed E-state index contributed by atoms with van der Waals surface area (Å²) >= 11 is 0. The Bertz CT molecular complexity index is 238. The molecule has 1 rings (SSSR count). The van der Waals surface area contributed by atoms with Gasteiger partial charge in [0, 0.05) is 45.7 Å². The zero-order valence-electron chi connectivity index (χ0n) is 12.0. The minimum atomic E-state index is -0.0976. The lowest BCUT2D eigenvalue weighted by molar-refractivity contribution is -0.140. The molecule has 18 heavy (non-hydrogen) atoms. The number of hydrogen-bond donors (Lipinski definition) is 0. The number of piperazine rings is 1. The molecule has 0 aliphatic carbocycles. The quantitative estimate of drug-likeness (QED) is 0.605. The number of esters is 1.